The molecule has 0 heterocycles. The van der Waals surface area contributed by atoms with Gasteiger partial charge in [0.15, 0.2) is 14.7 Å². The van der Waals surface area contributed by atoms with Gasteiger partial charge in [-0.3, -0.25) is 0 Å². The molecule has 0 unspecified atom stereocenters. The van der Waals surface area contributed by atoms with Crippen LogP contribution in [0.4, 0.5) is 22.0 Å². The lowest BCUT2D eigenvalue weighted by Crippen LogP contribution is -2.14. The molecule has 0 aromatic heterocycles. The number of rotatable bonds is 5. The van der Waals surface area contributed by atoms with Gasteiger partial charge < -0.3 is 4.74 Å². The van der Waals surface area contributed by atoms with Crippen LogP contribution in [0.1, 0.15) is 10.4 Å². The maximum Gasteiger partial charge on any atom is 0.343 e. The molecule has 0 saturated carbocycles. The lowest BCUT2D eigenvalue weighted by Gasteiger charge is -2.10. The van der Waals surface area contributed by atoms with Crippen molar-refractivity contribution in [2.45, 2.75) is 14.7 Å². The normalized spacial score (nSPS) is 11.0. The predicted molar refractivity (Wildman–Crippen MR) is 113 cm³/mol. The van der Waals surface area contributed by atoms with Crippen molar-refractivity contribution < 1.29 is 31.5 Å². The lowest BCUT2D eigenvalue weighted by molar-refractivity contribution is 0.0716. The van der Waals surface area contributed by atoms with Gasteiger partial charge in [-0.05, 0) is 48.5 Å². The Morgan fingerprint density at radius 2 is 0.939 bits per heavy atom. The molecule has 4 aromatic carbocycles. The molecule has 0 atom stereocenters. The number of hydrogen-bond donors (Lipinski definition) is 0. The van der Waals surface area contributed by atoms with Crippen LogP contribution in [0, 0.1) is 29.1 Å². The first-order valence-corrected chi connectivity index (χ1v) is 10.8. The first kappa shape index (κ1) is 22.5. The van der Waals surface area contributed by atoms with Crippen LogP contribution in [0.2, 0.25) is 0 Å². The third-order valence-electron chi connectivity index (χ3n) is 4.65. The van der Waals surface area contributed by atoms with Gasteiger partial charge in [0.25, 0.3) is 0 Å². The van der Waals surface area contributed by atoms with Gasteiger partial charge in [-0.1, -0.05) is 36.4 Å². The minimum absolute atomic E-state index is 0.118. The van der Waals surface area contributed by atoms with Crippen molar-refractivity contribution in [3.8, 4) is 5.75 Å². The number of carbonyl (C=O) groups is 1. The molecule has 4 aromatic rings. The molecule has 4 rings (SSSR count). The van der Waals surface area contributed by atoms with Gasteiger partial charge in [0.2, 0.25) is 34.8 Å². The molecule has 0 aliphatic heterocycles. The van der Waals surface area contributed by atoms with Crippen LogP contribution in [0.15, 0.2) is 99.6 Å². The van der Waals surface area contributed by atoms with Crippen molar-refractivity contribution in [3.05, 3.63) is 120 Å². The topological polar surface area (TPSA) is 26.3 Å². The van der Waals surface area contributed by atoms with Crippen molar-refractivity contribution in [2.75, 3.05) is 0 Å². The molecule has 8 heteroatoms. The molecule has 0 amide bonds. The van der Waals surface area contributed by atoms with Crippen LogP contribution >= 0.6 is 0 Å². The molecule has 0 spiro atoms. The molecule has 0 saturated heterocycles. The number of benzene rings is 4. The SMILES string of the molecule is O=C(Oc1c(F)c(F)c(F)c(F)c1F)c1ccc([S+](c2ccccc2)c2ccccc2)cc1. The molecule has 0 radical (unpaired) electrons. The Labute approximate surface area is 188 Å². The summed E-state index contributed by atoms with van der Waals surface area (Å²) in [7, 11) is -0.503. The maximum atomic E-state index is 13.8. The highest BCUT2D eigenvalue weighted by atomic mass is 32.2. The summed E-state index contributed by atoms with van der Waals surface area (Å²) < 4.78 is 72.1. The van der Waals surface area contributed by atoms with E-state index >= 15 is 0 Å². The Balaban J connectivity index is 1.65. The second-order valence-electron chi connectivity index (χ2n) is 6.75. The quantitative estimate of drug-likeness (QED) is 0.0806. The smallest absolute Gasteiger partial charge is 0.343 e. The molecule has 2 nitrogen and oxygen atoms in total. The van der Waals surface area contributed by atoms with Crippen LogP contribution in [-0.4, -0.2) is 5.97 Å². The van der Waals surface area contributed by atoms with Crippen LogP contribution < -0.4 is 4.74 Å². The first-order chi connectivity index (χ1) is 15.9. The van der Waals surface area contributed by atoms with Crippen molar-refractivity contribution in [1.82, 2.24) is 0 Å². The summed E-state index contributed by atoms with van der Waals surface area (Å²) >= 11 is 0. The van der Waals surface area contributed by atoms with Crippen LogP contribution in [-0.2, 0) is 10.9 Å². The molecular formula is C25H14F5O2S+. The number of ether oxygens (including phenoxy) is 1. The Bertz CT molecular complexity index is 1230. The fourth-order valence-corrected chi connectivity index (χ4v) is 5.16. The van der Waals surface area contributed by atoms with E-state index in [1.807, 2.05) is 60.7 Å². The summed E-state index contributed by atoms with van der Waals surface area (Å²) in [5.74, 6) is -14.1. The highest BCUT2D eigenvalue weighted by molar-refractivity contribution is 7.97. The highest BCUT2D eigenvalue weighted by Gasteiger charge is 2.30. The number of carbonyl (C=O) groups excluding carboxylic acids is 1. The number of esters is 1. The minimum atomic E-state index is -2.33. The summed E-state index contributed by atoms with van der Waals surface area (Å²) in [6, 6.07) is 25.4. The zero-order valence-electron chi connectivity index (χ0n) is 16.7. The monoisotopic (exact) mass is 473 g/mol. The molecule has 0 bridgehead atoms. The molecule has 0 N–H and O–H groups in total. The van der Waals surface area contributed by atoms with E-state index in [1.54, 1.807) is 12.1 Å². The van der Waals surface area contributed by atoms with E-state index in [9.17, 15) is 26.7 Å². The van der Waals surface area contributed by atoms with Gasteiger partial charge in [0, 0.05) is 0 Å². The highest BCUT2D eigenvalue weighted by Crippen LogP contribution is 2.32. The molecule has 0 fully saturated rings. The van der Waals surface area contributed by atoms with Crippen molar-refractivity contribution >= 4 is 16.9 Å². The van der Waals surface area contributed by atoms with E-state index in [0.717, 1.165) is 14.7 Å². The maximum absolute atomic E-state index is 13.8. The van der Waals surface area contributed by atoms with Crippen molar-refractivity contribution in [1.29, 1.82) is 0 Å². The first-order valence-electron chi connectivity index (χ1n) is 9.56. The van der Waals surface area contributed by atoms with E-state index in [2.05, 4.69) is 4.74 Å². The Hall–Kier alpha value is -3.65. The van der Waals surface area contributed by atoms with Gasteiger partial charge in [0.05, 0.1) is 16.5 Å². The van der Waals surface area contributed by atoms with Crippen molar-refractivity contribution in [2.24, 2.45) is 0 Å². The van der Waals surface area contributed by atoms with Crippen LogP contribution in [0.25, 0.3) is 0 Å². The molecule has 166 valence electrons. The molecular weight excluding hydrogens is 459 g/mol. The Morgan fingerprint density at radius 3 is 1.39 bits per heavy atom. The van der Waals surface area contributed by atoms with Crippen LogP contribution in [0.3, 0.4) is 0 Å². The Kier molecular flexibility index (Phi) is 6.46. The fourth-order valence-electron chi connectivity index (χ4n) is 3.07. The zero-order chi connectivity index (χ0) is 23.5. The average Bonchev–Trinajstić information content (AvgIpc) is 2.86. The molecule has 33 heavy (non-hydrogen) atoms. The fraction of sp³-hybridized carbons (Fsp3) is 0. The van der Waals surface area contributed by atoms with Gasteiger partial charge in [0.1, 0.15) is 0 Å². The zero-order valence-corrected chi connectivity index (χ0v) is 17.5. The summed E-state index contributed by atoms with van der Waals surface area (Å²) in [6.07, 6.45) is 0. The van der Waals surface area contributed by atoms with E-state index in [-0.39, 0.29) is 5.56 Å². The third kappa shape index (κ3) is 4.47. The largest absolute Gasteiger partial charge is 0.416 e. The summed E-state index contributed by atoms with van der Waals surface area (Å²) in [5, 5.41) is 0. The standard InChI is InChI=1S/C25H14F5O2S/c26-19-20(27)22(29)24(23(30)21(19)28)32-25(31)15-11-13-18(14-12-15)33(16-7-3-1-4-8-16)17-9-5-2-6-10-17/h1-14H/q+1. The van der Waals surface area contributed by atoms with E-state index in [4.69, 9.17) is 0 Å². The van der Waals surface area contributed by atoms with E-state index in [0.29, 0.717) is 0 Å². The summed E-state index contributed by atoms with van der Waals surface area (Å²) in [5.41, 5.74) is -0.118. The minimum Gasteiger partial charge on any atom is -0.416 e. The van der Waals surface area contributed by atoms with Gasteiger partial charge in [-0.15, -0.1) is 0 Å². The Morgan fingerprint density at radius 1 is 0.545 bits per heavy atom. The number of halogens is 5. The van der Waals surface area contributed by atoms with Gasteiger partial charge >= 0.3 is 5.97 Å². The lowest BCUT2D eigenvalue weighted by atomic mass is 10.2. The van der Waals surface area contributed by atoms with Gasteiger partial charge in [-0.2, -0.15) is 8.78 Å². The molecule has 0 aliphatic carbocycles. The van der Waals surface area contributed by atoms with Crippen molar-refractivity contribution in [3.63, 3.8) is 0 Å². The van der Waals surface area contributed by atoms with Crippen LogP contribution in [0.5, 0.6) is 5.75 Å². The van der Waals surface area contributed by atoms with E-state index in [1.165, 1.54) is 12.1 Å². The summed E-state index contributed by atoms with van der Waals surface area (Å²) in [6.45, 7) is 0. The molecule has 0 aliphatic rings. The van der Waals surface area contributed by atoms with Gasteiger partial charge in [-0.25, -0.2) is 18.0 Å². The number of hydrogen-bond acceptors (Lipinski definition) is 2. The second kappa shape index (κ2) is 9.46. The summed E-state index contributed by atoms with van der Waals surface area (Å²) in [4.78, 5) is 15.3. The average molecular weight is 473 g/mol. The predicted octanol–water partition coefficient (Wildman–Crippen LogP) is 6.70. The second-order valence-corrected chi connectivity index (χ2v) is 8.77. The van der Waals surface area contributed by atoms with E-state index < -0.39 is 51.7 Å². The third-order valence-corrected chi connectivity index (χ3v) is 6.88.